The van der Waals surface area contributed by atoms with Crippen LogP contribution in [0.5, 0.6) is 5.75 Å². The summed E-state index contributed by atoms with van der Waals surface area (Å²) in [4.78, 5) is 14.3. The van der Waals surface area contributed by atoms with Gasteiger partial charge in [-0.25, -0.2) is 0 Å². The summed E-state index contributed by atoms with van der Waals surface area (Å²) in [5, 5.41) is 11.9. The van der Waals surface area contributed by atoms with Crippen LogP contribution in [0.2, 0.25) is 0 Å². The number of benzene rings is 3. The van der Waals surface area contributed by atoms with Gasteiger partial charge in [-0.15, -0.1) is 10.2 Å². The standard InChI is InChI=1S/C24H24N4O2/c1-17(2)13-14-30-21-10-6-7-18(15-21)24(29)25-19-11-12-22-23(16-19)27-28(26-22)20-8-4-3-5-9-20/h3-12,15-17H,13-14H2,1-2H3,(H,25,29). The topological polar surface area (TPSA) is 69.0 Å². The maximum Gasteiger partial charge on any atom is 0.255 e. The van der Waals surface area contributed by atoms with E-state index in [-0.39, 0.29) is 5.91 Å². The molecule has 1 aromatic heterocycles. The summed E-state index contributed by atoms with van der Waals surface area (Å²) >= 11 is 0. The summed E-state index contributed by atoms with van der Waals surface area (Å²) in [6.45, 7) is 4.95. The van der Waals surface area contributed by atoms with E-state index in [0.717, 1.165) is 17.6 Å². The number of carbonyl (C=O) groups is 1. The molecular weight excluding hydrogens is 376 g/mol. The Balaban J connectivity index is 1.48. The van der Waals surface area contributed by atoms with Crippen molar-refractivity contribution in [1.82, 2.24) is 15.0 Å². The van der Waals surface area contributed by atoms with Crippen molar-refractivity contribution in [1.29, 1.82) is 0 Å². The van der Waals surface area contributed by atoms with Gasteiger partial charge in [-0.05, 0) is 60.9 Å². The first kappa shape index (κ1) is 19.6. The van der Waals surface area contributed by atoms with E-state index in [1.165, 1.54) is 0 Å². The Morgan fingerprint density at radius 3 is 2.57 bits per heavy atom. The van der Waals surface area contributed by atoms with Crippen molar-refractivity contribution >= 4 is 22.6 Å². The summed E-state index contributed by atoms with van der Waals surface area (Å²) in [5.41, 5.74) is 3.57. The van der Waals surface area contributed by atoms with E-state index in [0.29, 0.717) is 35.0 Å². The lowest BCUT2D eigenvalue weighted by molar-refractivity contribution is 0.102. The molecule has 0 saturated heterocycles. The highest BCUT2D eigenvalue weighted by atomic mass is 16.5. The van der Waals surface area contributed by atoms with Crippen LogP contribution in [0.25, 0.3) is 16.7 Å². The highest BCUT2D eigenvalue weighted by Crippen LogP contribution is 2.20. The first-order valence-corrected chi connectivity index (χ1v) is 10.1. The van der Waals surface area contributed by atoms with Gasteiger partial charge in [0.25, 0.3) is 5.91 Å². The maximum absolute atomic E-state index is 12.7. The third kappa shape index (κ3) is 4.66. The molecule has 152 valence electrons. The molecule has 1 N–H and O–H groups in total. The van der Waals surface area contributed by atoms with Gasteiger partial charge in [-0.1, -0.05) is 38.1 Å². The number of hydrogen-bond donors (Lipinski definition) is 1. The minimum Gasteiger partial charge on any atom is -0.494 e. The Morgan fingerprint density at radius 1 is 0.967 bits per heavy atom. The van der Waals surface area contributed by atoms with Gasteiger partial charge >= 0.3 is 0 Å². The molecule has 4 aromatic rings. The number of fused-ring (bicyclic) bond motifs is 1. The van der Waals surface area contributed by atoms with E-state index in [4.69, 9.17) is 4.74 Å². The van der Waals surface area contributed by atoms with E-state index >= 15 is 0 Å². The van der Waals surface area contributed by atoms with Gasteiger partial charge in [0, 0.05) is 11.3 Å². The minimum atomic E-state index is -0.195. The largest absolute Gasteiger partial charge is 0.494 e. The zero-order chi connectivity index (χ0) is 20.9. The molecule has 0 atom stereocenters. The van der Waals surface area contributed by atoms with Crippen LogP contribution in [0.1, 0.15) is 30.6 Å². The van der Waals surface area contributed by atoms with Crippen LogP contribution < -0.4 is 10.1 Å². The van der Waals surface area contributed by atoms with Crippen LogP contribution in [0, 0.1) is 5.92 Å². The first-order chi connectivity index (χ1) is 14.6. The molecule has 0 saturated carbocycles. The molecule has 4 rings (SSSR count). The van der Waals surface area contributed by atoms with Gasteiger partial charge in [-0.3, -0.25) is 4.79 Å². The molecule has 0 radical (unpaired) electrons. The third-order valence-corrected chi connectivity index (χ3v) is 4.69. The van der Waals surface area contributed by atoms with Gasteiger partial charge in [0.15, 0.2) is 0 Å². The number of hydrogen-bond acceptors (Lipinski definition) is 4. The summed E-state index contributed by atoms with van der Waals surface area (Å²) in [7, 11) is 0. The van der Waals surface area contributed by atoms with Gasteiger partial charge in [0.2, 0.25) is 0 Å². The fraction of sp³-hybridized carbons (Fsp3) is 0.208. The predicted molar refractivity (Wildman–Crippen MR) is 118 cm³/mol. The second-order valence-corrected chi connectivity index (χ2v) is 7.54. The second kappa shape index (κ2) is 8.78. The smallest absolute Gasteiger partial charge is 0.255 e. The van der Waals surface area contributed by atoms with Crippen LogP contribution in [-0.2, 0) is 0 Å². The lowest BCUT2D eigenvalue weighted by Crippen LogP contribution is -2.12. The molecule has 0 unspecified atom stereocenters. The zero-order valence-corrected chi connectivity index (χ0v) is 17.1. The van der Waals surface area contributed by atoms with Gasteiger partial charge in [0.05, 0.1) is 12.3 Å². The highest BCUT2D eigenvalue weighted by Gasteiger charge is 2.10. The molecule has 1 heterocycles. The van der Waals surface area contributed by atoms with Crippen LogP contribution >= 0.6 is 0 Å². The van der Waals surface area contributed by atoms with E-state index in [2.05, 4.69) is 29.4 Å². The highest BCUT2D eigenvalue weighted by molar-refractivity contribution is 6.05. The SMILES string of the molecule is CC(C)CCOc1cccc(C(=O)Nc2ccc3nn(-c4ccccc4)nc3c2)c1. The Kier molecular flexibility index (Phi) is 5.75. The summed E-state index contributed by atoms with van der Waals surface area (Å²) in [6, 6.07) is 22.4. The molecule has 30 heavy (non-hydrogen) atoms. The van der Waals surface area contributed by atoms with E-state index in [9.17, 15) is 4.79 Å². The fourth-order valence-corrected chi connectivity index (χ4v) is 3.01. The van der Waals surface area contributed by atoms with Crippen LogP contribution in [-0.4, -0.2) is 27.5 Å². The van der Waals surface area contributed by atoms with Gasteiger partial charge in [0.1, 0.15) is 16.8 Å². The zero-order valence-electron chi connectivity index (χ0n) is 17.1. The van der Waals surface area contributed by atoms with Crippen LogP contribution in [0.3, 0.4) is 0 Å². The van der Waals surface area contributed by atoms with Gasteiger partial charge < -0.3 is 10.1 Å². The first-order valence-electron chi connectivity index (χ1n) is 10.1. The number of nitrogens with one attached hydrogen (secondary N) is 1. The number of para-hydroxylation sites is 1. The number of ether oxygens (including phenoxy) is 1. The number of carbonyl (C=O) groups excluding carboxylic acids is 1. The molecule has 0 spiro atoms. The summed E-state index contributed by atoms with van der Waals surface area (Å²) in [6.07, 6.45) is 0.972. The fourth-order valence-electron chi connectivity index (χ4n) is 3.01. The molecular formula is C24H24N4O2. The van der Waals surface area contributed by atoms with Crippen LogP contribution in [0.15, 0.2) is 72.8 Å². The minimum absolute atomic E-state index is 0.195. The molecule has 0 aliphatic carbocycles. The lowest BCUT2D eigenvalue weighted by atomic mass is 10.1. The summed E-state index contributed by atoms with van der Waals surface area (Å²) in [5.74, 6) is 1.08. The van der Waals surface area contributed by atoms with Crippen molar-refractivity contribution in [3.63, 3.8) is 0 Å². The Labute approximate surface area is 175 Å². The average molecular weight is 400 g/mol. The molecule has 6 heteroatoms. The average Bonchev–Trinajstić information content (AvgIpc) is 3.18. The van der Waals surface area contributed by atoms with Crippen molar-refractivity contribution in [3.05, 3.63) is 78.4 Å². The Hall–Kier alpha value is -3.67. The van der Waals surface area contributed by atoms with Crippen molar-refractivity contribution in [2.75, 3.05) is 11.9 Å². The predicted octanol–water partition coefficient (Wildman–Crippen LogP) is 5.10. The van der Waals surface area contributed by atoms with Crippen molar-refractivity contribution < 1.29 is 9.53 Å². The van der Waals surface area contributed by atoms with Crippen molar-refractivity contribution in [2.45, 2.75) is 20.3 Å². The molecule has 0 aliphatic heterocycles. The second-order valence-electron chi connectivity index (χ2n) is 7.54. The molecule has 6 nitrogen and oxygen atoms in total. The number of anilines is 1. The van der Waals surface area contributed by atoms with E-state index in [1.54, 1.807) is 16.9 Å². The molecule has 3 aromatic carbocycles. The number of aromatic nitrogens is 3. The van der Waals surface area contributed by atoms with E-state index in [1.807, 2.05) is 60.7 Å². The van der Waals surface area contributed by atoms with Crippen molar-refractivity contribution in [2.24, 2.45) is 5.92 Å². The monoisotopic (exact) mass is 400 g/mol. The Morgan fingerprint density at radius 2 is 1.77 bits per heavy atom. The normalized spacial score (nSPS) is 11.0. The maximum atomic E-state index is 12.7. The Bertz CT molecular complexity index is 1150. The lowest BCUT2D eigenvalue weighted by Gasteiger charge is -2.10. The van der Waals surface area contributed by atoms with Crippen LogP contribution in [0.4, 0.5) is 5.69 Å². The number of nitrogens with zero attached hydrogens (tertiary/aromatic N) is 3. The summed E-state index contributed by atoms with van der Waals surface area (Å²) < 4.78 is 5.76. The molecule has 0 bridgehead atoms. The molecule has 0 fully saturated rings. The quantitative estimate of drug-likeness (QED) is 0.469. The molecule has 1 amide bonds. The number of rotatable bonds is 7. The third-order valence-electron chi connectivity index (χ3n) is 4.69. The van der Waals surface area contributed by atoms with Crippen molar-refractivity contribution in [3.8, 4) is 11.4 Å². The van der Waals surface area contributed by atoms with Gasteiger partial charge in [-0.2, -0.15) is 4.80 Å². The number of amides is 1. The molecule has 0 aliphatic rings. The van der Waals surface area contributed by atoms with E-state index < -0.39 is 0 Å².